The van der Waals surface area contributed by atoms with Crippen LogP contribution in [0.1, 0.15) is 56.3 Å². The molecule has 0 aliphatic carbocycles. The fourth-order valence-corrected chi connectivity index (χ4v) is 3.65. The molecule has 7 heteroatoms. The van der Waals surface area contributed by atoms with Crippen molar-refractivity contribution in [3.05, 3.63) is 83.4 Å². The molecule has 1 atom stereocenters. The van der Waals surface area contributed by atoms with Crippen LogP contribution in [0.15, 0.2) is 72.8 Å². The van der Waals surface area contributed by atoms with E-state index in [2.05, 4.69) is 17.6 Å². The lowest BCUT2D eigenvalue weighted by molar-refractivity contribution is -0.122. The first-order chi connectivity index (χ1) is 17.5. The van der Waals surface area contributed by atoms with E-state index >= 15 is 0 Å². The zero-order valence-corrected chi connectivity index (χ0v) is 21.5. The molecular formula is C29H33ClN2O4. The molecule has 0 aliphatic rings. The summed E-state index contributed by atoms with van der Waals surface area (Å²) in [4.78, 5) is 25.1. The number of para-hydroxylation sites is 1. The molecule has 0 bridgehead atoms. The Morgan fingerprint density at radius 3 is 2.14 bits per heavy atom. The van der Waals surface area contributed by atoms with Gasteiger partial charge < -0.3 is 20.1 Å². The molecule has 0 aromatic heterocycles. The second kappa shape index (κ2) is 14.1. The molecule has 0 fully saturated rings. The van der Waals surface area contributed by atoms with Gasteiger partial charge in [0.2, 0.25) is 0 Å². The van der Waals surface area contributed by atoms with Gasteiger partial charge in [-0.3, -0.25) is 9.59 Å². The zero-order chi connectivity index (χ0) is 25.8. The van der Waals surface area contributed by atoms with E-state index in [0.717, 1.165) is 12.2 Å². The Morgan fingerprint density at radius 2 is 1.47 bits per heavy atom. The van der Waals surface area contributed by atoms with Gasteiger partial charge in [0.15, 0.2) is 6.10 Å². The Morgan fingerprint density at radius 1 is 0.833 bits per heavy atom. The van der Waals surface area contributed by atoms with Gasteiger partial charge in [0.05, 0.1) is 11.6 Å². The molecule has 190 valence electrons. The standard InChI is InChI=1S/C29H33ClN2O4/c1-3-4-5-6-9-20-35-25-18-12-22(13-19-25)29(34)32-24-16-14-23(15-17-24)31-28(33)21(2)36-27-11-8-7-10-26(27)30/h7-8,10-19,21H,3-6,9,20H2,1-2H3,(H,31,33)(H,32,34). The lowest BCUT2D eigenvalue weighted by atomic mass is 10.1. The van der Waals surface area contributed by atoms with Crippen LogP contribution < -0.4 is 20.1 Å². The molecule has 36 heavy (non-hydrogen) atoms. The highest BCUT2D eigenvalue weighted by Gasteiger charge is 2.16. The third-order valence-corrected chi connectivity index (χ3v) is 5.87. The van der Waals surface area contributed by atoms with Gasteiger partial charge in [-0.25, -0.2) is 0 Å². The fourth-order valence-electron chi connectivity index (χ4n) is 3.47. The van der Waals surface area contributed by atoms with Gasteiger partial charge in [-0.1, -0.05) is 56.3 Å². The van der Waals surface area contributed by atoms with E-state index in [0.29, 0.717) is 34.3 Å². The van der Waals surface area contributed by atoms with E-state index in [1.807, 2.05) is 12.1 Å². The SMILES string of the molecule is CCCCCCCOc1ccc(C(=O)Nc2ccc(NC(=O)C(C)Oc3ccccc3Cl)cc2)cc1. The molecule has 3 aromatic carbocycles. The first kappa shape index (κ1) is 27.1. The Balaban J connectivity index is 1.45. The van der Waals surface area contributed by atoms with Crippen LogP contribution in [0.25, 0.3) is 0 Å². The summed E-state index contributed by atoms with van der Waals surface area (Å²) < 4.78 is 11.4. The number of hydrogen-bond acceptors (Lipinski definition) is 4. The van der Waals surface area contributed by atoms with Gasteiger partial charge in [0, 0.05) is 16.9 Å². The number of nitrogens with one attached hydrogen (secondary N) is 2. The summed E-state index contributed by atoms with van der Waals surface area (Å²) in [5.41, 5.74) is 1.74. The molecule has 0 saturated heterocycles. The van der Waals surface area contributed by atoms with Crippen LogP contribution in [0.2, 0.25) is 5.02 Å². The maximum absolute atomic E-state index is 12.6. The van der Waals surface area contributed by atoms with Crippen molar-refractivity contribution in [3.8, 4) is 11.5 Å². The van der Waals surface area contributed by atoms with Crippen LogP contribution in [-0.2, 0) is 4.79 Å². The Bertz CT molecular complexity index is 1120. The van der Waals surface area contributed by atoms with Crippen molar-refractivity contribution in [3.63, 3.8) is 0 Å². The van der Waals surface area contributed by atoms with Gasteiger partial charge in [-0.15, -0.1) is 0 Å². The Hall–Kier alpha value is -3.51. The van der Waals surface area contributed by atoms with Gasteiger partial charge in [0.25, 0.3) is 11.8 Å². The minimum absolute atomic E-state index is 0.223. The monoisotopic (exact) mass is 508 g/mol. The Labute approximate surface area is 218 Å². The summed E-state index contributed by atoms with van der Waals surface area (Å²) in [6.07, 6.45) is 5.20. The van der Waals surface area contributed by atoms with E-state index in [-0.39, 0.29) is 11.8 Å². The molecule has 1 unspecified atom stereocenters. The van der Waals surface area contributed by atoms with Crippen LogP contribution in [0, 0.1) is 0 Å². The van der Waals surface area contributed by atoms with Crippen LogP contribution in [-0.4, -0.2) is 24.5 Å². The largest absolute Gasteiger partial charge is 0.494 e. The summed E-state index contributed by atoms with van der Waals surface area (Å²) >= 11 is 6.09. The third kappa shape index (κ3) is 8.61. The van der Waals surface area contributed by atoms with Crippen LogP contribution in [0.3, 0.4) is 0 Å². The second-order valence-corrected chi connectivity index (χ2v) is 8.91. The molecule has 3 rings (SSSR count). The molecule has 3 aromatic rings. The van der Waals surface area contributed by atoms with Gasteiger partial charge >= 0.3 is 0 Å². The quantitative estimate of drug-likeness (QED) is 0.237. The maximum atomic E-state index is 12.6. The summed E-state index contributed by atoms with van der Waals surface area (Å²) in [6, 6.07) is 21.0. The number of anilines is 2. The molecular weight excluding hydrogens is 476 g/mol. The van der Waals surface area contributed by atoms with Crippen LogP contribution in [0.4, 0.5) is 11.4 Å². The van der Waals surface area contributed by atoms with Crippen molar-refractivity contribution in [1.29, 1.82) is 0 Å². The first-order valence-electron chi connectivity index (χ1n) is 12.3. The summed E-state index contributed by atoms with van der Waals surface area (Å²) in [6.45, 7) is 4.53. The number of amides is 2. The van der Waals surface area contributed by atoms with E-state index in [4.69, 9.17) is 21.1 Å². The van der Waals surface area contributed by atoms with E-state index < -0.39 is 6.10 Å². The molecule has 0 spiro atoms. The van der Waals surface area contributed by atoms with Crippen molar-refractivity contribution >= 4 is 34.8 Å². The maximum Gasteiger partial charge on any atom is 0.265 e. The number of benzene rings is 3. The number of carbonyl (C=O) groups is 2. The average molecular weight is 509 g/mol. The van der Waals surface area contributed by atoms with Gasteiger partial charge in [-0.2, -0.15) is 0 Å². The van der Waals surface area contributed by atoms with Crippen LogP contribution in [0.5, 0.6) is 11.5 Å². The highest BCUT2D eigenvalue weighted by Crippen LogP contribution is 2.24. The predicted octanol–water partition coefficient (Wildman–Crippen LogP) is 7.35. The lowest BCUT2D eigenvalue weighted by Gasteiger charge is -2.15. The molecule has 2 amide bonds. The van der Waals surface area contributed by atoms with Crippen molar-refractivity contribution in [1.82, 2.24) is 0 Å². The number of carbonyl (C=O) groups excluding carboxylic acids is 2. The third-order valence-electron chi connectivity index (χ3n) is 5.55. The lowest BCUT2D eigenvalue weighted by Crippen LogP contribution is -2.30. The zero-order valence-electron chi connectivity index (χ0n) is 20.8. The average Bonchev–Trinajstić information content (AvgIpc) is 2.89. The topological polar surface area (TPSA) is 76.7 Å². The number of halogens is 1. The summed E-state index contributed by atoms with van der Waals surface area (Å²) in [5, 5.41) is 6.10. The number of unbranched alkanes of at least 4 members (excludes halogenated alkanes) is 4. The van der Waals surface area contributed by atoms with E-state index in [9.17, 15) is 9.59 Å². The molecule has 0 aliphatic heterocycles. The predicted molar refractivity (Wildman–Crippen MR) is 145 cm³/mol. The number of hydrogen-bond donors (Lipinski definition) is 2. The van der Waals surface area contributed by atoms with E-state index in [1.54, 1.807) is 67.6 Å². The minimum Gasteiger partial charge on any atom is -0.494 e. The molecule has 0 heterocycles. The number of ether oxygens (including phenoxy) is 2. The van der Waals surface area contributed by atoms with Crippen LogP contribution >= 0.6 is 11.6 Å². The molecule has 0 saturated carbocycles. The van der Waals surface area contributed by atoms with Gasteiger partial charge in [0.1, 0.15) is 11.5 Å². The first-order valence-corrected chi connectivity index (χ1v) is 12.7. The number of rotatable bonds is 13. The smallest absolute Gasteiger partial charge is 0.265 e. The molecule has 0 radical (unpaired) electrons. The summed E-state index contributed by atoms with van der Waals surface area (Å²) in [5.74, 6) is 0.673. The van der Waals surface area contributed by atoms with Gasteiger partial charge in [-0.05, 0) is 74.0 Å². The highest BCUT2D eigenvalue weighted by molar-refractivity contribution is 6.32. The van der Waals surface area contributed by atoms with Crippen molar-refractivity contribution in [2.75, 3.05) is 17.2 Å². The normalized spacial score (nSPS) is 11.4. The molecule has 6 nitrogen and oxygen atoms in total. The summed E-state index contributed by atoms with van der Waals surface area (Å²) in [7, 11) is 0. The minimum atomic E-state index is -0.739. The second-order valence-electron chi connectivity index (χ2n) is 8.50. The highest BCUT2D eigenvalue weighted by atomic mass is 35.5. The Kier molecular flexibility index (Phi) is 10.6. The molecule has 2 N–H and O–H groups in total. The van der Waals surface area contributed by atoms with Crippen molar-refractivity contribution < 1.29 is 19.1 Å². The van der Waals surface area contributed by atoms with Crippen molar-refractivity contribution in [2.45, 2.75) is 52.1 Å². The fraction of sp³-hybridized carbons (Fsp3) is 0.310. The van der Waals surface area contributed by atoms with Crippen molar-refractivity contribution in [2.24, 2.45) is 0 Å². The van der Waals surface area contributed by atoms with E-state index in [1.165, 1.54) is 25.7 Å².